The summed E-state index contributed by atoms with van der Waals surface area (Å²) in [5.41, 5.74) is 23.5. The number of hydrogen-bond donors (Lipinski definition) is 4. The number of esters is 2. The molecule has 3 saturated heterocycles. The van der Waals surface area contributed by atoms with E-state index in [4.69, 9.17) is 41.6 Å². The monoisotopic (exact) mass is 2150 g/mol. The quantitative estimate of drug-likeness (QED) is 0.0130. The number of nitrogens with zero attached hydrogens (tertiary/aromatic N) is 5. The van der Waals surface area contributed by atoms with Crippen LogP contribution in [0.15, 0.2) is 181 Å². The minimum Gasteiger partial charge on any atom is -0.571 e. The number of methoxy groups -OCH3 is 2. The number of carbonyl (C=O) groups is 4. The number of thiophene rings is 4. The topological polar surface area (TPSA) is 375 Å². The second-order valence-electron chi connectivity index (χ2n) is 31.0. The number of ether oxygens (including phenoxy) is 5. The number of halogens is 13. The van der Waals surface area contributed by atoms with Gasteiger partial charge in [-0.15, -0.1) is 51.0 Å². The molecule has 0 amide bonds. The smallest absolute Gasteiger partial charge is 0.571 e. The zero-order chi connectivity index (χ0) is 104. The standard InChI is InChI=1S/2C26H27F3N2O4S2.C13H10F3NO4S2.C13H20N2O.C7H4ClF3O2S.C6H7NO2S.C2H3N.Na/c2*1-16-13-17(2)24(31-8-10-35-11-9-31)18(3)21(16)15-23(32)25-22(7-12-36-25)30-37(33,34)20-6-4-5-19(14-20)26(27,28)29;1-21-12(18)11-10(5-6-22-11)17-23(19,20)9-4-2-3-8(7-9)13(14,15)16;1-9-8-10(2)13(11(3)12(9)14)15-4-6-16-7-5-15;8-14(12,13)6-3-1-2-5(4-6)7(9,10)11;1-9-6(8)5-4(7)2-3-10-5;1-2-3;/h4-7,12-14H,8-11,15H2,1-3H3,(H,30,32);4-7,12-14,30H,8-11,15H2,1-3H3;2-7,17H,1H3;8H,4-7,14H2,1-3H3;1-4H;2-3H,7H2,1H3;1H3;/q;;;;;;;+1/p-1. The third-order valence-electron chi connectivity index (χ3n) is 21.3. The van der Waals surface area contributed by atoms with Crippen LogP contribution in [-0.2, 0) is 100 Å². The molecule has 0 radical (unpaired) electrons. The number of hydrogen-bond acceptors (Lipinski definition) is 27. The van der Waals surface area contributed by atoms with Gasteiger partial charge in [0.2, 0.25) is 0 Å². The van der Waals surface area contributed by atoms with Crippen LogP contribution in [-0.4, -0.2) is 150 Å². The van der Waals surface area contributed by atoms with Crippen LogP contribution in [0.5, 0.6) is 0 Å². The van der Waals surface area contributed by atoms with Gasteiger partial charge in [-0.25, -0.2) is 43.3 Å². The van der Waals surface area contributed by atoms with Gasteiger partial charge in [-0.3, -0.25) is 19.0 Å². The number of nitrogens with two attached hydrogens (primary N) is 2. The molecule has 26 nitrogen and oxygen atoms in total. The Bertz CT molecular complexity index is 6580. The van der Waals surface area contributed by atoms with E-state index in [0.717, 1.165) is 228 Å². The van der Waals surface area contributed by atoms with Crippen molar-refractivity contribution in [2.75, 3.05) is 129 Å². The van der Waals surface area contributed by atoms with E-state index in [1.54, 1.807) is 28.3 Å². The van der Waals surface area contributed by atoms with Gasteiger partial charge in [-0.1, -0.05) is 48.5 Å². The minimum absolute atomic E-state index is 0. The van der Waals surface area contributed by atoms with Crippen molar-refractivity contribution in [2.24, 2.45) is 0 Å². The van der Waals surface area contributed by atoms with Crippen LogP contribution >= 0.6 is 56.0 Å². The summed E-state index contributed by atoms with van der Waals surface area (Å²) in [6.07, 6.45) is -18.5. The molecule has 7 aromatic carbocycles. The molecular weight excluding hydrogens is 2060 g/mol. The van der Waals surface area contributed by atoms with Crippen molar-refractivity contribution < 1.29 is 159 Å². The summed E-state index contributed by atoms with van der Waals surface area (Å²) in [4.78, 5) is 54.5. The number of Topliss-reactive ketones (excluding diaryl/α,β-unsaturated/α-hetero) is 2. The van der Waals surface area contributed by atoms with E-state index in [2.05, 4.69) is 65.2 Å². The van der Waals surface area contributed by atoms with Crippen LogP contribution in [0.3, 0.4) is 0 Å². The van der Waals surface area contributed by atoms with Crippen LogP contribution in [0.25, 0.3) is 4.72 Å². The number of rotatable bonds is 21. The summed E-state index contributed by atoms with van der Waals surface area (Å²) in [5, 5.41) is 13.6. The zero-order valence-electron chi connectivity index (χ0n) is 78.0. The number of anilines is 7. The molecule has 4 aromatic heterocycles. The number of nitrogens with one attached hydrogen (secondary N) is 2. The third-order valence-corrected chi connectivity index (χ3v) is 30.4. The van der Waals surface area contributed by atoms with Gasteiger partial charge in [0.1, 0.15) is 19.8 Å². The number of morpholine rings is 3. The average molecular weight is 2160 g/mol. The van der Waals surface area contributed by atoms with E-state index in [1.165, 1.54) is 71.3 Å². The molecule has 0 atom stereocenters. The molecule has 48 heteroatoms. The molecule has 3 fully saturated rings. The van der Waals surface area contributed by atoms with Crippen molar-refractivity contribution in [3.8, 4) is 6.07 Å². The van der Waals surface area contributed by atoms with Gasteiger partial charge < -0.3 is 54.6 Å². The summed E-state index contributed by atoms with van der Waals surface area (Å²) in [6, 6.07) is 27.3. The largest absolute Gasteiger partial charge is 1.00 e. The fourth-order valence-corrected chi connectivity index (χ4v) is 22.1. The van der Waals surface area contributed by atoms with Crippen LogP contribution < -0.4 is 65.2 Å². The van der Waals surface area contributed by atoms with Crippen molar-refractivity contribution in [1.82, 2.24) is 0 Å². The van der Waals surface area contributed by atoms with Gasteiger partial charge in [0.15, 0.2) is 11.6 Å². The van der Waals surface area contributed by atoms with Gasteiger partial charge in [0.05, 0.1) is 129 Å². The Balaban J connectivity index is 0.000000241. The van der Waals surface area contributed by atoms with Crippen LogP contribution in [0.2, 0.25) is 0 Å². The Morgan fingerprint density at radius 1 is 0.433 bits per heavy atom. The molecule has 0 bridgehead atoms. The molecule has 0 saturated carbocycles. The molecular formula is C93H97ClF12N9NaO17S8. The summed E-state index contributed by atoms with van der Waals surface area (Å²) < 4.78 is 283. The zero-order valence-corrected chi connectivity index (χ0v) is 87.3. The average Bonchev–Trinajstić information content (AvgIpc) is 1.78. The second-order valence-corrected chi connectivity index (χ2v) is 42.2. The maximum Gasteiger partial charge on any atom is 1.00 e. The number of nitrogen functional groups attached to an aromatic ring is 2. The number of carbonyl (C=O) groups excluding carboxylic acids is 4. The maximum atomic E-state index is 13.4. The van der Waals surface area contributed by atoms with Crippen LogP contribution in [0.1, 0.15) is 129 Å². The first-order valence-electron chi connectivity index (χ1n) is 41.7. The molecule has 0 unspecified atom stereocenters. The van der Waals surface area contributed by atoms with Gasteiger partial charge in [-0.2, -0.15) is 57.9 Å². The number of ketones is 2. The van der Waals surface area contributed by atoms with Crippen molar-refractivity contribution >= 4 is 164 Å². The first kappa shape index (κ1) is 118. The molecule has 3 aliphatic rings. The van der Waals surface area contributed by atoms with Gasteiger partial charge in [0, 0.05) is 92.5 Å². The van der Waals surface area contributed by atoms with Crippen molar-refractivity contribution in [2.45, 2.75) is 126 Å². The third kappa shape index (κ3) is 32.1. The summed E-state index contributed by atoms with van der Waals surface area (Å²) in [5.74, 6) is -1.70. The predicted molar refractivity (Wildman–Crippen MR) is 518 cm³/mol. The fraction of sp³-hybridized carbons (Fsp3) is 0.323. The maximum absolute atomic E-state index is 13.4. The Morgan fingerprint density at radius 3 is 1.11 bits per heavy atom. The van der Waals surface area contributed by atoms with E-state index in [0.29, 0.717) is 61.3 Å². The van der Waals surface area contributed by atoms with Crippen LogP contribution in [0.4, 0.5) is 98.2 Å². The van der Waals surface area contributed by atoms with E-state index in [9.17, 15) is 106 Å². The van der Waals surface area contributed by atoms with E-state index in [-0.39, 0.29) is 91.6 Å². The normalized spacial score (nSPS) is 13.5. The number of nitriles is 1. The molecule has 141 heavy (non-hydrogen) atoms. The molecule has 11 aromatic rings. The van der Waals surface area contributed by atoms with E-state index in [1.807, 2.05) is 53.7 Å². The number of alkyl halides is 12. The molecule has 7 heterocycles. The predicted octanol–water partition coefficient (Wildman–Crippen LogP) is 18.8. The van der Waals surface area contributed by atoms with Crippen LogP contribution in [0, 0.1) is 73.6 Å². The van der Waals surface area contributed by atoms with Crippen molar-refractivity contribution in [3.63, 3.8) is 0 Å². The summed E-state index contributed by atoms with van der Waals surface area (Å²) in [6.45, 7) is 28.7. The fourth-order valence-electron chi connectivity index (χ4n) is 14.8. The number of sulfonamides is 3. The van der Waals surface area contributed by atoms with E-state index < -0.39 is 112 Å². The Labute approximate surface area is 851 Å². The van der Waals surface area contributed by atoms with E-state index >= 15 is 0 Å². The first-order chi connectivity index (χ1) is 65.4. The molecule has 0 aliphatic carbocycles. The van der Waals surface area contributed by atoms with Gasteiger partial charge in [-0.05, 0) is 236 Å². The molecule has 6 N–H and O–H groups in total. The summed E-state index contributed by atoms with van der Waals surface area (Å²) >= 11 is 4.36. The van der Waals surface area contributed by atoms with Gasteiger partial charge in [0.25, 0.3) is 29.1 Å². The molecule has 756 valence electrons. The van der Waals surface area contributed by atoms with Crippen molar-refractivity contribution in [3.05, 3.63) is 269 Å². The minimum atomic E-state index is -4.70. The molecule has 0 spiro atoms. The van der Waals surface area contributed by atoms with Gasteiger partial charge >= 0.3 is 66.2 Å². The number of benzene rings is 7. The Morgan fingerprint density at radius 2 is 0.738 bits per heavy atom. The van der Waals surface area contributed by atoms with Crippen molar-refractivity contribution in [1.29, 1.82) is 5.26 Å². The first-order valence-corrected chi connectivity index (χ1v) is 51.9. The Hall–Kier alpha value is -10.4. The SMILES string of the molecule is CC#N.COC(=O)c1sccc1N.COC(=O)c1sccc1NS(=O)(=O)c1cccc(C(F)(F)F)c1.Cc1cc(C)c(N2CCOCC2)c(C)c1CC(=O)c1sccc1NS(=O)(=O)c1cccc(C(F)(F)F)c1.Cc1cc(C)c(N2CCOCC2)c(C)c1CC(=O)c1sccc1[N-]S(=O)(=O)c1cccc(C(F)(F)F)c1.Cc1cc(C)c(N2CCOCC2)c(C)c1N.O=S(=O)(Cl)c1cccc(C(F)(F)F)c1.[Na+]. The Kier molecular flexibility index (Phi) is 42.3. The second kappa shape index (κ2) is 50.7. The molecule has 14 rings (SSSR count). The number of aryl methyl sites for hydroxylation is 6. The molecule has 3 aliphatic heterocycles. The summed E-state index contributed by atoms with van der Waals surface area (Å²) in [7, 11) is -9.87.